The molecule has 1 atom stereocenters. The molecule has 1 heterocycles. The van der Waals surface area contributed by atoms with Crippen LogP contribution >= 0.6 is 11.6 Å². The van der Waals surface area contributed by atoms with Crippen molar-refractivity contribution < 1.29 is 24.2 Å². The second-order valence-corrected chi connectivity index (χ2v) is 5.48. The summed E-state index contributed by atoms with van der Waals surface area (Å²) >= 11 is 5.70. The summed E-state index contributed by atoms with van der Waals surface area (Å²) < 4.78 is 16.9. The van der Waals surface area contributed by atoms with Crippen LogP contribution in [0, 0.1) is 10.1 Å². The number of aromatic hydroxyl groups is 1. The van der Waals surface area contributed by atoms with Crippen LogP contribution in [0.15, 0.2) is 12.1 Å². The van der Waals surface area contributed by atoms with Crippen molar-refractivity contribution in [2.45, 2.75) is 11.8 Å². The second-order valence-electron chi connectivity index (χ2n) is 5.07. The van der Waals surface area contributed by atoms with Crippen molar-refractivity contribution in [1.29, 1.82) is 0 Å². The number of hydrogen-bond acceptors (Lipinski definition) is 9. The number of phenolic OH excluding ortho intramolecular Hbond substituents is 1. The van der Waals surface area contributed by atoms with Gasteiger partial charge in [0.25, 0.3) is 6.03 Å². The Morgan fingerprint density at radius 1 is 1.38 bits per heavy atom. The smallest absolute Gasteiger partial charge is 0.312 e. The third-order valence-corrected chi connectivity index (χ3v) is 3.95. The minimum atomic E-state index is -1.21. The Labute approximate surface area is 143 Å². The molecule has 1 aromatic carbocycles. The maximum Gasteiger partial charge on any atom is 0.312 e. The van der Waals surface area contributed by atoms with Crippen molar-refractivity contribution >= 4 is 17.3 Å². The van der Waals surface area contributed by atoms with Crippen LogP contribution < -0.4 is 20.7 Å². The zero-order chi connectivity index (χ0) is 18.0. The van der Waals surface area contributed by atoms with E-state index in [9.17, 15) is 15.2 Å². The van der Waals surface area contributed by atoms with Gasteiger partial charge in [0.1, 0.15) is 12.4 Å². The van der Waals surface area contributed by atoms with Gasteiger partial charge < -0.3 is 14.6 Å². The minimum absolute atomic E-state index is 0.110. The maximum atomic E-state index is 11.1. The van der Waals surface area contributed by atoms with Gasteiger partial charge in [0.15, 0.2) is 5.72 Å². The highest BCUT2D eigenvalue weighted by Gasteiger charge is 2.50. The van der Waals surface area contributed by atoms with Crippen LogP contribution in [0.5, 0.6) is 11.5 Å². The summed E-state index contributed by atoms with van der Waals surface area (Å²) in [6, 6.07) is 0.902. The summed E-state index contributed by atoms with van der Waals surface area (Å²) in [5.74, 6) is -0.453. The topological polar surface area (TPSA) is 127 Å². The van der Waals surface area contributed by atoms with Crippen LogP contribution in [0.2, 0.25) is 5.02 Å². The third kappa shape index (κ3) is 3.53. The van der Waals surface area contributed by atoms with Crippen molar-refractivity contribution in [1.82, 2.24) is 16.0 Å². The molecule has 10 nitrogen and oxygen atoms in total. The summed E-state index contributed by atoms with van der Waals surface area (Å²) in [7, 11) is 4.93. The molecule has 1 saturated heterocycles. The Hall–Kier alpha value is -1.69. The Morgan fingerprint density at radius 2 is 2.04 bits per heavy atom. The van der Waals surface area contributed by atoms with Gasteiger partial charge in [-0.1, -0.05) is 11.6 Å². The molecular weight excluding hydrogens is 344 g/mol. The Morgan fingerprint density at radius 3 is 2.54 bits per heavy atom. The lowest BCUT2D eigenvalue weighted by Crippen LogP contribution is -2.59. The second kappa shape index (κ2) is 7.05. The van der Waals surface area contributed by atoms with Crippen molar-refractivity contribution in [3.63, 3.8) is 0 Å². The molecule has 1 aromatic rings. The molecule has 1 fully saturated rings. The highest BCUT2D eigenvalue weighted by molar-refractivity contribution is 6.32. The van der Waals surface area contributed by atoms with E-state index in [0.29, 0.717) is 0 Å². The highest BCUT2D eigenvalue weighted by atomic mass is 35.5. The molecule has 1 aliphatic rings. The van der Waals surface area contributed by atoms with Crippen molar-refractivity contribution in [3.05, 3.63) is 27.3 Å². The maximum absolute atomic E-state index is 11.1. The van der Waals surface area contributed by atoms with Gasteiger partial charge in [-0.25, -0.2) is 0 Å². The number of hydrogen-bond donors (Lipinski definition) is 4. The number of nitrogens with one attached hydrogen (secondary N) is 3. The first-order chi connectivity index (χ1) is 11.3. The Bertz CT molecular complexity index is 627. The quantitative estimate of drug-likeness (QED) is 0.308. The summed E-state index contributed by atoms with van der Waals surface area (Å²) in [5.41, 5.74) is -1.42. The fourth-order valence-electron chi connectivity index (χ4n) is 2.17. The van der Waals surface area contributed by atoms with Gasteiger partial charge in [-0.15, -0.1) is 0 Å². The van der Waals surface area contributed by atoms with Gasteiger partial charge in [0, 0.05) is 12.1 Å². The van der Waals surface area contributed by atoms with E-state index >= 15 is 0 Å². The van der Waals surface area contributed by atoms with Gasteiger partial charge in [-0.3, -0.25) is 30.8 Å². The minimum Gasteiger partial charge on any atom is -0.506 e. The van der Waals surface area contributed by atoms with E-state index < -0.39 is 16.7 Å². The summed E-state index contributed by atoms with van der Waals surface area (Å²) in [4.78, 5) is 10.5. The first kappa shape index (κ1) is 18.6. The molecule has 0 radical (unpaired) electrons. The monoisotopic (exact) mass is 362 g/mol. The van der Waals surface area contributed by atoms with Gasteiger partial charge in [0.05, 0.1) is 16.6 Å². The van der Waals surface area contributed by atoms with E-state index in [1.165, 1.54) is 0 Å². The number of benzene rings is 1. The zero-order valence-corrected chi connectivity index (χ0v) is 14.1. The summed E-state index contributed by atoms with van der Waals surface area (Å²) in [6.07, 6.45) is 0. The number of likely N-dealkylation sites (N-methyl/N-ethyl adjacent to an activating group) is 1. The SMILES string of the molecule is CNC1(COc2cc(O)c(Cl)cc2[N+](=O)[O-])COC(NC)(NC)O1. The van der Waals surface area contributed by atoms with E-state index in [2.05, 4.69) is 16.0 Å². The third-order valence-electron chi connectivity index (χ3n) is 3.65. The van der Waals surface area contributed by atoms with Gasteiger partial charge in [-0.2, -0.15) is 0 Å². The average Bonchev–Trinajstić information content (AvgIpc) is 2.96. The normalized spacial score (nSPS) is 22.5. The predicted octanol–water partition coefficient (Wildman–Crippen LogP) is 0.345. The van der Waals surface area contributed by atoms with E-state index in [1.807, 2.05) is 0 Å². The van der Waals surface area contributed by atoms with E-state index in [0.717, 1.165) is 12.1 Å². The first-order valence-electron chi connectivity index (χ1n) is 7.01. The number of ether oxygens (including phenoxy) is 3. The molecule has 1 unspecified atom stereocenters. The highest BCUT2D eigenvalue weighted by Crippen LogP contribution is 2.37. The van der Waals surface area contributed by atoms with Crippen molar-refractivity contribution in [2.24, 2.45) is 0 Å². The molecule has 0 spiro atoms. The Balaban J connectivity index is 2.21. The van der Waals surface area contributed by atoms with Gasteiger partial charge in [0.2, 0.25) is 5.75 Å². The molecular formula is C13H19ClN4O6. The standard InChI is InChI=1S/C13H19ClN4O6/c1-15-12(7-23-13(16-2,17-3)24-12)6-22-11-5-10(19)8(14)4-9(11)18(20)21/h4-5,15-17,19H,6-7H2,1-3H3. The molecule has 0 amide bonds. The molecule has 0 aliphatic carbocycles. The molecule has 134 valence electrons. The van der Waals surface area contributed by atoms with Crippen molar-refractivity contribution in [2.75, 3.05) is 34.4 Å². The van der Waals surface area contributed by atoms with Crippen LogP contribution in [0.25, 0.3) is 0 Å². The van der Waals surface area contributed by atoms with Crippen LogP contribution in [0.4, 0.5) is 5.69 Å². The number of nitrogens with zero attached hydrogens (tertiary/aromatic N) is 1. The fourth-order valence-corrected chi connectivity index (χ4v) is 2.33. The van der Waals surface area contributed by atoms with Crippen LogP contribution in [-0.2, 0) is 9.47 Å². The van der Waals surface area contributed by atoms with Crippen LogP contribution in [0.3, 0.4) is 0 Å². The van der Waals surface area contributed by atoms with Gasteiger partial charge in [-0.05, 0) is 21.1 Å². The predicted molar refractivity (Wildman–Crippen MR) is 84.9 cm³/mol. The Kier molecular flexibility index (Phi) is 5.48. The van der Waals surface area contributed by atoms with Crippen molar-refractivity contribution in [3.8, 4) is 11.5 Å². The number of phenols is 1. The lowest BCUT2D eigenvalue weighted by molar-refractivity contribution is -0.386. The molecule has 0 bridgehead atoms. The average molecular weight is 363 g/mol. The van der Waals surface area contributed by atoms with E-state index in [1.54, 1.807) is 21.1 Å². The number of halogens is 1. The number of rotatable bonds is 7. The van der Waals surface area contributed by atoms with E-state index in [4.69, 9.17) is 25.8 Å². The molecule has 1 aliphatic heterocycles. The summed E-state index contributed by atoms with van der Waals surface area (Å²) in [6.45, 7) is -0.00489. The molecule has 4 N–H and O–H groups in total. The molecule has 0 aromatic heterocycles. The van der Waals surface area contributed by atoms with E-state index in [-0.39, 0.29) is 35.4 Å². The lowest BCUT2D eigenvalue weighted by Gasteiger charge is -2.31. The lowest BCUT2D eigenvalue weighted by atomic mass is 10.2. The fraction of sp³-hybridized carbons (Fsp3) is 0.538. The zero-order valence-electron chi connectivity index (χ0n) is 13.4. The van der Waals surface area contributed by atoms with Crippen LogP contribution in [-0.4, -0.2) is 56.1 Å². The van der Waals surface area contributed by atoms with Crippen LogP contribution in [0.1, 0.15) is 0 Å². The molecule has 24 heavy (non-hydrogen) atoms. The molecule has 2 rings (SSSR count). The number of nitro benzene ring substituents is 1. The number of nitro groups is 1. The molecule has 0 saturated carbocycles. The van der Waals surface area contributed by atoms with Gasteiger partial charge >= 0.3 is 5.69 Å². The summed E-state index contributed by atoms with van der Waals surface area (Å²) in [5, 5.41) is 29.3. The molecule has 11 heteroatoms. The first-order valence-corrected chi connectivity index (χ1v) is 7.38. The largest absolute Gasteiger partial charge is 0.506 e.